The lowest BCUT2D eigenvalue weighted by atomic mass is 9.95. The molecule has 1 aliphatic carbocycles. The lowest BCUT2D eigenvalue weighted by molar-refractivity contribution is 0.668. The van der Waals surface area contributed by atoms with E-state index in [0.29, 0.717) is 5.82 Å². The minimum absolute atomic E-state index is 0.682. The number of furan rings is 1. The quantitative estimate of drug-likeness (QED) is 0.180. The number of hydrogen-bond donors (Lipinski definition) is 0. The van der Waals surface area contributed by atoms with E-state index >= 15 is 0 Å². The van der Waals surface area contributed by atoms with Crippen LogP contribution in [0.5, 0.6) is 0 Å². The van der Waals surface area contributed by atoms with E-state index in [1.165, 1.54) is 33.0 Å². The molecule has 7 aromatic carbocycles. The average Bonchev–Trinajstić information content (AvgIpc) is 3.79. The summed E-state index contributed by atoms with van der Waals surface area (Å²) in [5.41, 5.74) is 13.9. The maximum absolute atomic E-state index is 6.66. The maximum atomic E-state index is 6.66. The van der Waals surface area contributed by atoms with Crippen molar-refractivity contribution in [2.24, 2.45) is 0 Å². The number of nitrogens with zero attached hydrogens (tertiary/aromatic N) is 3. The first-order chi connectivity index (χ1) is 26.8. The molecular weight excluding hydrogens is 659 g/mol. The number of benzene rings is 7. The lowest BCUT2D eigenvalue weighted by Crippen LogP contribution is -1.96. The molecule has 0 N–H and O–H groups in total. The fourth-order valence-corrected chi connectivity index (χ4v) is 8.40. The third kappa shape index (κ3) is 4.84. The summed E-state index contributed by atoms with van der Waals surface area (Å²) in [5.74, 6) is 0.682. The van der Waals surface area contributed by atoms with Gasteiger partial charge in [0.25, 0.3) is 0 Å². The number of hydrogen-bond acceptors (Lipinski definition) is 3. The molecule has 11 rings (SSSR count). The maximum Gasteiger partial charge on any atom is 0.161 e. The molecule has 0 saturated heterocycles. The zero-order valence-electron chi connectivity index (χ0n) is 29.4. The van der Waals surface area contributed by atoms with Crippen LogP contribution in [0.1, 0.15) is 18.4 Å². The molecule has 3 aromatic heterocycles. The highest BCUT2D eigenvalue weighted by molar-refractivity contribution is 6.16. The van der Waals surface area contributed by atoms with E-state index in [1.807, 2.05) is 18.2 Å². The third-order valence-corrected chi connectivity index (χ3v) is 10.9. The Morgan fingerprint density at radius 2 is 1.28 bits per heavy atom. The molecule has 254 valence electrons. The molecule has 0 amide bonds. The predicted molar refractivity (Wildman–Crippen MR) is 224 cm³/mol. The van der Waals surface area contributed by atoms with Crippen LogP contribution in [-0.2, 0) is 0 Å². The molecule has 3 heterocycles. The van der Waals surface area contributed by atoms with E-state index in [9.17, 15) is 0 Å². The van der Waals surface area contributed by atoms with Crippen molar-refractivity contribution >= 4 is 60.2 Å². The number of rotatable bonds is 5. The van der Waals surface area contributed by atoms with Gasteiger partial charge in [0, 0.05) is 49.8 Å². The Balaban J connectivity index is 1.07. The second-order valence-electron chi connectivity index (χ2n) is 14.0. The van der Waals surface area contributed by atoms with Crippen LogP contribution < -0.4 is 0 Å². The van der Waals surface area contributed by atoms with E-state index in [-0.39, 0.29) is 0 Å². The molecule has 0 spiro atoms. The summed E-state index contributed by atoms with van der Waals surface area (Å²) in [5, 5.41) is 5.55. The highest BCUT2D eigenvalue weighted by Gasteiger charge is 2.20. The Kier molecular flexibility index (Phi) is 6.96. The SMILES string of the molecule is C1=CCCC(c2ccc(-c3nc(-c4cccc5oc6cc(-n7c8ccccc8c8c(-c9ccccc9)cccc87)ccc6c45)nc4ccccc34)cc2)=C1. The number of fused-ring (bicyclic) bond motifs is 7. The third-order valence-electron chi connectivity index (χ3n) is 10.9. The monoisotopic (exact) mass is 691 g/mol. The molecule has 0 atom stereocenters. The van der Waals surface area contributed by atoms with Crippen molar-refractivity contribution in [1.82, 2.24) is 14.5 Å². The Morgan fingerprint density at radius 1 is 0.519 bits per heavy atom. The zero-order chi connectivity index (χ0) is 35.6. The van der Waals surface area contributed by atoms with Crippen LogP contribution in [0, 0.1) is 0 Å². The predicted octanol–water partition coefficient (Wildman–Crippen LogP) is 13.4. The van der Waals surface area contributed by atoms with Crippen LogP contribution in [0.3, 0.4) is 0 Å². The van der Waals surface area contributed by atoms with Crippen LogP contribution in [0.4, 0.5) is 0 Å². The molecule has 0 bridgehead atoms. The van der Waals surface area contributed by atoms with E-state index in [0.717, 1.165) is 79.2 Å². The Labute approximate surface area is 312 Å². The van der Waals surface area contributed by atoms with E-state index in [2.05, 4.69) is 162 Å². The molecule has 4 heteroatoms. The van der Waals surface area contributed by atoms with E-state index in [1.54, 1.807) is 0 Å². The van der Waals surface area contributed by atoms with Crippen molar-refractivity contribution in [2.45, 2.75) is 12.8 Å². The summed E-state index contributed by atoms with van der Waals surface area (Å²) in [6.45, 7) is 0. The van der Waals surface area contributed by atoms with Crippen molar-refractivity contribution in [3.8, 4) is 39.5 Å². The van der Waals surface area contributed by atoms with Gasteiger partial charge in [-0.3, -0.25) is 0 Å². The summed E-state index contributed by atoms with van der Waals surface area (Å²) < 4.78 is 9.02. The number of para-hydroxylation sites is 2. The molecule has 0 radical (unpaired) electrons. The number of allylic oxidation sites excluding steroid dienone is 4. The van der Waals surface area contributed by atoms with Gasteiger partial charge in [-0.15, -0.1) is 0 Å². The number of aromatic nitrogens is 3. The molecule has 0 aliphatic heterocycles. The van der Waals surface area contributed by atoms with Gasteiger partial charge < -0.3 is 8.98 Å². The Hall–Kier alpha value is -7.04. The van der Waals surface area contributed by atoms with Crippen LogP contribution in [0.2, 0.25) is 0 Å². The standard InChI is InChI=1S/C50H33N3O/c1-3-13-32(14-4-1)33-25-27-35(28-26-33)49-38-17-7-9-21-42(38)51-50(52-49)41-20-12-24-45-48(41)40-30-29-36(31-46(40)54-45)53-43-22-10-8-18-39(43)47-37(19-11-23-44(47)53)34-15-5-2-6-16-34/h1-3,5-13,15-31H,4,14H2. The van der Waals surface area contributed by atoms with Gasteiger partial charge in [-0.25, -0.2) is 9.97 Å². The second-order valence-corrected chi connectivity index (χ2v) is 14.0. The van der Waals surface area contributed by atoms with Gasteiger partial charge in [0.05, 0.1) is 22.2 Å². The summed E-state index contributed by atoms with van der Waals surface area (Å²) in [4.78, 5) is 10.4. The lowest BCUT2D eigenvalue weighted by Gasteiger charge is -2.12. The first kappa shape index (κ1) is 30.6. The summed E-state index contributed by atoms with van der Waals surface area (Å²) in [6, 6.07) is 55.8. The second kappa shape index (κ2) is 12.3. The minimum Gasteiger partial charge on any atom is -0.456 e. The van der Waals surface area contributed by atoms with Gasteiger partial charge in [0.15, 0.2) is 5.82 Å². The highest BCUT2D eigenvalue weighted by Crippen LogP contribution is 2.41. The first-order valence-corrected chi connectivity index (χ1v) is 18.6. The van der Waals surface area contributed by atoms with Crippen molar-refractivity contribution in [3.63, 3.8) is 0 Å². The van der Waals surface area contributed by atoms with Gasteiger partial charge in [-0.1, -0.05) is 133 Å². The van der Waals surface area contributed by atoms with E-state index in [4.69, 9.17) is 14.4 Å². The molecule has 10 aromatic rings. The van der Waals surface area contributed by atoms with Gasteiger partial charge in [0.2, 0.25) is 0 Å². The fraction of sp³-hybridized carbons (Fsp3) is 0.0400. The average molecular weight is 692 g/mol. The van der Waals surface area contributed by atoms with Gasteiger partial charge in [0.1, 0.15) is 11.2 Å². The normalized spacial score (nSPS) is 13.1. The van der Waals surface area contributed by atoms with Crippen LogP contribution >= 0.6 is 0 Å². The minimum atomic E-state index is 0.682. The Morgan fingerprint density at radius 3 is 2.15 bits per heavy atom. The van der Waals surface area contributed by atoms with Crippen LogP contribution in [-0.4, -0.2) is 14.5 Å². The first-order valence-electron chi connectivity index (χ1n) is 18.6. The van der Waals surface area contributed by atoms with E-state index < -0.39 is 0 Å². The molecular formula is C50H33N3O. The summed E-state index contributed by atoms with van der Waals surface area (Å²) in [6.07, 6.45) is 8.75. The summed E-state index contributed by atoms with van der Waals surface area (Å²) in [7, 11) is 0. The van der Waals surface area contributed by atoms with Gasteiger partial charge >= 0.3 is 0 Å². The fourth-order valence-electron chi connectivity index (χ4n) is 8.40. The van der Waals surface area contributed by atoms with Crippen molar-refractivity contribution in [2.75, 3.05) is 0 Å². The molecule has 54 heavy (non-hydrogen) atoms. The molecule has 4 nitrogen and oxygen atoms in total. The highest BCUT2D eigenvalue weighted by atomic mass is 16.3. The van der Waals surface area contributed by atoms with Gasteiger partial charge in [-0.2, -0.15) is 0 Å². The molecule has 0 fully saturated rings. The molecule has 1 aliphatic rings. The molecule has 0 unspecified atom stereocenters. The van der Waals surface area contributed by atoms with Crippen molar-refractivity contribution < 1.29 is 4.42 Å². The summed E-state index contributed by atoms with van der Waals surface area (Å²) >= 11 is 0. The van der Waals surface area contributed by atoms with Crippen LogP contribution in [0.25, 0.3) is 99.7 Å². The van der Waals surface area contributed by atoms with Crippen LogP contribution in [0.15, 0.2) is 180 Å². The smallest absolute Gasteiger partial charge is 0.161 e. The van der Waals surface area contributed by atoms with Gasteiger partial charge in [-0.05, 0) is 71.5 Å². The van der Waals surface area contributed by atoms with Crippen molar-refractivity contribution in [1.29, 1.82) is 0 Å². The largest absolute Gasteiger partial charge is 0.456 e. The Bertz CT molecular complexity index is 3150. The zero-order valence-corrected chi connectivity index (χ0v) is 29.4. The van der Waals surface area contributed by atoms with Crippen molar-refractivity contribution in [3.05, 3.63) is 182 Å². The molecule has 0 saturated carbocycles. The topological polar surface area (TPSA) is 43.9 Å².